The first-order valence-electron chi connectivity index (χ1n) is 7.81. The van der Waals surface area contributed by atoms with Gasteiger partial charge < -0.3 is 5.11 Å². The standard InChI is InChI=1S/C19H22N2OS/c1-18(2,3)21-17(20-16-12-8-5-9-13-16)23-14-19(21,22)15-10-6-4-7-11-15/h4-13,22H,14H2,1-3H3/p+1. The van der Waals surface area contributed by atoms with Gasteiger partial charge in [0.15, 0.2) is 0 Å². The Hall–Kier alpha value is -1.78. The summed E-state index contributed by atoms with van der Waals surface area (Å²) in [6.07, 6.45) is 0. The molecule has 0 radical (unpaired) electrons. The molecule has 3 rings (SSSR count). The van der Waals surface area contributed by atoms with Crippen molar-refractivity contribution in [2.75, 3.05) is 11.1 Å². The van der Waals surface area contributed by atoms with Gasteiger partial charge in [-0.3, -0.25) is 0 Å². The molecule has 0 aromatic heterocycles. The first-order valence-corrected chi connectivity index (χ1v) is 8.80. The number of thioether (sulfide) groups is 1. The highest BCUT2D eigenvalue weighted by Crippen LogP contribution is 2.38. The summed E-state index contributed by atoms with van der Waals surface area (Å²) in [5.74, 6) is 0.601. The predicted octanol–water partition coefficient (Wildman–Crippen LogP) is 3.86. The van der Waals surface area contributed by atoms with E-state index < -0.39 is 5.72 Å². The van der Waals surface area contributed by atoms with E-state index in [0.717, 1.165) is 16.4 Å². The van der Waals surface area contributed by atoms with Gasteiger partial charge in [0, 0.05) is 5.56 Å². The Morgan fingerprint density at radius 3 is 2.13 bits per heavy atom. The van der Waals surface area contributed by atoms with Crippen LogP contribution in [0.2, 0.25) is 0 Å². The van der Waals surface area contributed by atoms with Gasteiger partial charge in [-0.25, -0.2) is 9.89 Å². The van der Waals surface area contributed by atoms with Crippen LogP contribution in [0.4, 0.5) is 5.69 Å². The summed E-state index contributed by atoms with van der Waals surface area (Å²) in [5.41, 5.74) is 0.723. The van der Waals surface area contributed by atoms with Gasteiger partial charge in [0.05, 0.1) is 5.75 Å². The van der Waals surface area contributed by atoms with Crippen molar-refractivity contribution in [2.45, 2.75) is 32.0 Å². The first kappa shape index (κ1) is 16.1. The monoisotopic (exact) mass is 327 g/mol. The van der Waals surface area contributed by atoms with Crippen molar-refractivity contribution in [1.82, 2.24) is 0 Å². The third kappa shape index (κ3) is 3.14. The molecule has 0 bridgehead atoms. The summed E-state index contributed by atoms with van der Waals surface area (Å²) >= 11 is 1.66. The average Bonchev–Trinajstić information content (AvgIpc) is 2.87. The minimum Gasteiger partial charge on any atom is -0.349 e. The number of hydrogen-bond acceptors (Lipinski definition) is 3. The summed E-state index contributed by atoms with van der Waals surface area (Å²) in [4.78, 5) is 0. The second-order valence-corrected chi connectivity index (χ2v) is 7.74. The normalized spacial score (nSPS) is 21.6. The lowest BCUT2D eigenvalue weighted by Gasteiger charge is -2.32. The fraction of sp³-hybridized carbons (Fsp3) is 0.316. The zero-order valence-electron chi connectivity index (χ0n) is 13.8. The lowest BCUT2D eigenvalue weighted by atomic mass is 9.98. The molecule has 1 aliphatic heterocycles. The molecule has 0 amide bonds. The van der Waals surface area contributed by atoms with Crippen molar-refractivity contribution < 1.29 is 9.68 Å². The first-order chi connectivity index (χ1) is 10.9. The largest absolute Gasteiger partial charge is 0.349 e. The van der Waals surface area contributed by atoms with Gasteiger partial charge in [-0.1, -0.05) is 48.5 Å². The van der Waals surface area contributed by atoms with E-state index in [2.05, 4.69) is 30.7 Å². The number of para-hydroxylation sites is 1. The predicted molar refractivity (Wildman–Crippen MR) is 97.9 cm³/mol. The van der Waals surface area contributed by atoms with Crippen LogP contribution in [0, 0.1) is 0 Å². The molecule has 0 aliphatic carbocycles. The van der Waals surface area contributed by atoms with E-state index in [0.29, 0.717) is 5.75 Å². The molecule has 0 saturated carbocycles. The van der Waals surface area contributed by atoms with Gasteiger partial charge in [0.25, 0.3) is 0 Å². The summed E-state index contributed by atoms with van der Waals surface area (Å²) in [7, 11) is 0. The Morgan fingerprint density at radius 2 is 1.57 bits per heavy atom. The summed E-state index contributed by atoms with van der Waals surface area (Å²) < 4.78 is 2.09. The van der Waals surface area contributed by atoms with Crippen LogP contribution < -0.4 is 5.32 Å². The Bertz CT molecular complexity index is 707. The van der Waals surface area contributed by atoms with E-state index in [-0.39, 0.29) is 5.54 Å². The maximum Gasteiger partial charge on any atom is 0.314 e. The molecule has 0 spiro atoms. The van der Waals surface area contributed by atoms with Crippen LogP contribution in [0.1, 0.15) is 26.3 Å². The molecule has 4 heteroatoms. The zero-order valence-corrected chi connectivity index (χ0v) is 14.6. The number of nitrogens with one attached hydrogen (secondary N) is 1. The lowest BCUT2D eigenvalue weighted by molar-refractivity contribution is -0.708. The Morgan fingerprint density at radius 1 is 1.00 bits per heavy atom. The molecular weight excluding hydrogens is 304 g/mol. The molecule has 2 aromatic carbocycles. The second-order valence-electron chi connectivity index (χ2n) is 6.77. The average molecular weight is 327 g/mol. The van der Waals surface area contributed by atoms with Gasteiger partial charge in [-0.15, -0.1) is 0 Å². The van der Waals surface area contributed by atoms with E-state index in [1.165, 1.54) is 0 Å². The van der Waals surface area contributed by atoms with Gasteiger partial charge >= 0.3 is 5.17 Å². The fourth-order valence-electron chi connectivity index (χ4n) is 2.98. The summed E-state index contributed by atoms with van der Waals surface area (Å²) in [5, 5.41) is 15.9. The molecule has 23 heavy (non-hydrogen) atoms. The van der Waals surface area contributed by atoms with Gasteiger partial charge in [0.2, 0.25) is 5.72 Å². The lowest BCUT2D eigenvalue weighted by Crippen LogP contribution is -2.49. The third-order valence-electron chi connectivity index (χ3n) is 3.92. The fourth-order valence-corrected chi connectivity index (χ4v) is 4.36. The Labute approximate surface area is 142 Å². The van der Waals surface area contributed by atoms with E-state index >= 15 is 0 Å². The van der Waals surface area contributed by atoms with Crippen LogP contribution in [-0.4, -0.2) is 26.1 Å². The number of hydrogen-bond donors (Lipinski definition) is 2. The smallest absolute Gasteiger partial charge is 0.314 e. The summed E-state index contributed by atoms with van der Waals surface area (Å²) in [6, 6.07) is 20.0. The number of benzene rings is 2. The van der Waals surface area contributed by atoms with E-state index in [1.807, 2.05) is 60.7 Å². The van der Waals surface area contributed by atoms with Crippen molar-refractivity contribution in [3.8, 4) is 0 Å². The number of aliphatic hydroxyl groups is 1. The molecule has 120 valence electrons. The van der Waals surface area contributed by atoms with Crippen LogP contribution in [0.5, 0.6) is 0 Å². The highest BCUT2D eigenvalue weighted by atomic mass is 32.2. The quantitative estimate of drug-likeness (QED) is 0.822. The molecule has 1 unspecified atom stereocenters. The number of nitrogens with zero attached hydrogens (tertiary/aromatic N) is 1. The Kier molecular flexibility index (Phi) is 4.21. The van der Waals surface area contributed by atoms with Crippen LogP contribution in [0.3, 0.4) is 0 Å². The van der Waals surface area contributed by atoms with Crippen LogP contribution in [0.25, 0.3) is 0 Å². The highest BCUT2D eigenvalue weighted by Gasteiger charge is 2.50. The third-order valence-corrected chi connectivity index (χ3v) is 5.02. The molecule has 2 N–H and O–H groups in total. The van der Waals surface area contributed by atoms with Crippen LogP contribution in [-0.2, 0) is 5.72 Å². The SMILES string of the molecule is CC(C)(C)[N+]1=C(Nc2ccccc2)SCC1(O)c1ccccc1. The maximum absolute atomic E-state index is 11.5. The molecule has 3 nitrogen and oxygen atoms in total. The topological polar surface area (TPSA) is 35.3 Å². The van der Waals surface area contributed by atoms with Gasteiger partial charge in [-0.2, -0.15) is 0 Å². The molecule has 2 aromatic rings. The van der Waals surface area contributed by atoms with E-state index in [4.69, 9.17) is 0 Å². The van der Waals surface area contributed by atoms with Crippen molar-refractivity contribution in [3.05, 3.63) is 66.2 Å². The zero-order chi connectivity index (χ0) is 16.5. The van der Waals surface area contributed by atoms with Gasteiger partial charge in [0.1, 0.15) is 11.2 Å². The van der Waals surface area contributed by atoms with E-state index in [9.17, 15) is 5.11 Å². The molecule has 0 saturated heterocycles. The number of anilines is 1. The maximum atomic E-state index is 11.5. The molecule has 1 heterocycles. The summed E-state index contributed by atoms with van der Waals surface area (Å²) in [6.45, 7) is 6.37. The molecule has 0 fully saturated rings. The van der Waals surface area contributed by atoms with Crippen molar-refractivity contribution in [3.63, 3.8) is 0 Å². The Balaban J connectivity index is 2.06. The molecule has 1 atom stereocenters. The molecule has 1 aliphatic rings. The van der Waals surface area contributed by atoms with Crippen LogP contribution >= 0.6 is 11.8 Å². The number of rotatable bonds is 2. The van der Waals surface area contributed by atoms with Crippen molar-refractivity contribution >= 4 is 22.6 Å². The minimum absolute atomic E-state index is 0.217. The van der Waals surface area contributed by atoms with E-state index in [1.54, 1.807) is 11.8 Å². The highest BCUT2D eigenvalue weighted by molar-refractivity contribution is 8.14. The van der Waals surface area contributed by atoms with Crippen LogP contribution in [0.15, 0.2) is 60.7 Å². The minimum atomic E-state index is -1.01. The van der Waals surface area contributed by atoms with Crippen molar-refractivity contribution in [2.24, 2.45) is 0 Å². The van der Waals surface area contributed by atoms with Gasteiger partial charge in [-0.05, 0) is 44.7 Å². The number of amidine groups is 1. The molecular formula is C19H23N2OS+. The second kappa shape index (κ2) is 6.02. The van der Waals surface area contributed by atoms with Crippen molar-refractivity contribution in [1.29, 1.82) is 0 Å².